The van der Waals surface area contributed by atoms with Crippen molar-refractivity contribution in [2.24, 2.45) is 0 Å². The van der Waals surface area contributed by atoms with Crippen LogP contribution in [0.4, 0.5) is 5.95 Å². The first-order valence-corrected chi connectivity index (χ1v) is 7.66. The molecule has 21 heavy (non-hydrogen) atoms. The standard InChI is InChI=1S/C15H26N6/c1-6-20(7-2)15-17-12(3)13-14(18-15)21(11-16-13)10-8-9-19(4)5/h11H,6-10H2,1-5H3. The highest BCUT2D eigenvalue weighted by Gasteiger charge is 2.13. The van der Waals surface area contributed by atoms with Gasteiger partial charge in [0, 0.05) is 19.6 Å². The Morgan fingerprint density at radius 1 is 1.14 bits per heavy atom. The number of fused-ring (bicyclic) bond motifs is 1. The molecule has 0 radical (unpaired) electrons. The number of aryl methyl sites for hydroxylation is 2. The first-order valence-electron chi connectivity index (χ1n) is 7.66. The van der Waals surface area contributed by atoms with Crippen LogP contribution in [0, 0.1) is 6.92 Å². The lowest BCUT2D eigenvalue weighted by molar-refractivity contribution is 0.387. The van der Waals surface area contributed by atoms with Gasteiger partial charge >= 0.3 is 0 Å². The molecule has 0 fully saturated rings. The quantitative estimate of drug-likeness (QED) is 0.780. The Balaban J connectivity index is 2.31. The van der Waals surface area contributed by atoms with Gasteiger partial charge < -0.3 is 14.4 Å². The summed E-state index contributed by atoms with van der Waals surface area (Å²) in [5, 5.41) is 0. The minimum Gasteiger partial charge on any atom is -0.341 e. The third kappa shape index (κ3) is 3.50. The van der Waals surface area contributed by atoms with E-state index in [0.29, 0.717) is 0 Å². The first-order chi connectivity index (χ1) is 10.1. The summed E-state index contributed by atoms with van der Waals surface area (Å²) in [4.78, 5) is 18.2. The Bertz CT molecular complexity index is 585. The fourth-order valence-electron chi connectivity index (χ4n) is 2.44. The van der Waals surface area contributed by atoms with Crippen molar-refractivity contribution in [3.63, 3.8) is 0 Å². The summed E-state index contributed by atoms with van der Waals surface area (Å²) in [5.74, 6) is 0.805. The molecular weight excluding hydrogens is 264 g/mol. The van der Waals surface area contributed by atoms with Crippen LogP contribution in [0.5, 0.6) is 0 Å². The zero-order chi connectivity index (χ0) is 15.4. The molecule has 0 aliphatic carbocycles. The number of nitrogens with zero attached hydrogens (tertiary/aromatic N) is 6. The molecule has 0 spiro atoms. The van der Waals surface area contributed by atoms with E-state index in [1.165, 1.54) is 0 Å². The van der Waals surface area contributed by atoms with Gasteiger partial charge in [0.1, 0.15) is 5.52 Å². The highest BCUT2D eigenvalue weighted by atomic mass is 15.3. The van der Waals surface area contributed by atoms with Crippen molar-refractivity contribution in [3.05, 3.63) is 12.0 Å². The van der Waals surface area contributed by atoms with Crippen LogP contribution < -0.4 is 4.90 Å². The summed E-state index contributed by atoms with van der Waals surface area (Å²) >= 11 is 0. The van der Waals surface area contributed by atoms with Crippen molar-refractivity contribution < 1.29 is 0 Å². The molecule has 0 aliphatic rings. The van der Waals surface area contributed by atoms with Crippen LogP contribution in [0.15, 0.2) is 6.33 Å². The highest BCUT2D eigenvalue weighted by Crippen LogP contribution is 2.18. The highest BCUT2D eigenvalue weighted by molar-refractivity contribution is 5.74. The summed E-state index contributed by atoms with van der Waals surface area (Å²) < 4.78 is 2.14. The Labute approximate surface area is 126 Å². The average molecular weight is 290 g/mol. The molecule has 2 heterocycles. The van der Waals surface area contributed by atoms with Crippen molar-refractivity contribution in [3.8, 4) is 0 Å². The van der Waals surface area contributed by atoms with Crippen LogP contribution in [-0.2, 0) is 6.54 Å². The summed E-state index contributed by atoms with van der Waals surface area (Å²) in [6.45, 7) is 10.1. The van der Waals surface area contributed by atoms with Gasteiger partial charge in [-0.1, -0.05) is 0 Å². The topological polar surface area (TPSA) is 50.1 Å². The number of rotatable bonds is 7. The van der Waals surface area contributed by atoms with E-state index >= 15 is 0 Å². The maximum absolute atomic E-state index is 4.74. The Morgan fingerprint density at radius 2 is 1.86 bits per heavy atom. The van der Waals surface area contributed by atoms with Gasteiger partial charge in [0.25, 0.3) is 0 Å². The number of anilines is 1. The van der Waals surface area contributed by atoms with E-state index in [1.54, 1.807) is 0 Å². The van der Waals surface area contributed by atoms with Gasteiger partial charge in [0.2, 0.25) is 5.95 Å². The van der Waals surface area contributed by atoms with Crippen LogP contribution >= 0.6 is 0 Å². The second-order valence-corrected chi connectivity index (χ2v) is 5.55. The zero-order valence-electron chi connectivity index (χ0n) is 13.8. The third-order valence-electron chi connectivity index (χ3n) is 3.68. The van der Waals surface area contributed by atoms with E-state index in [0.717, 1.165) is 55.4 Å². The minimum atomic E-state index is 0.805. The van der Waals surface area contributed by atoms with Crippen molar-refractivity contribution in [1.29, 1.82) is 0 Å². The molecule has 2 aromatic heterocycles. The van der Waals surface area contributed by atoms with Crippen molar-refractivity contribution in [2.45, 2.75) is 33.7 Å². The van der Waals surface area contributed by atoms with E-state index in [2.05, 4.69) is 52.3 Å². The second-order valence-electron chi connectivity index (χ2n) is 5.55. The van der Waals surface area contributed by atoms with Gasteiger partial charge in [-0.05, 0) is 47.8 Å². The summed E-state index contributed by atoms with van der Waals surface area (Å²) in [6.07, 6.45) is 2.97. The van der Waals surface area contributed by atoms with E-state index in [1.807, 2.05) is 13.3 Å². The molecule has 0 unspecified atom stereocenters. The summed E-state index contributed by atoms with van der Waals surface area (Å²) in [7, 11) is 4.19. The van der Waals surface area contributed by atoms with Crippen LogP contribution in [0.2, 0.25) is 0 Å². The van der Waals surface area contributed by atoms with Crippen LogP contribution in [0.1, 0.15) is 26.0 Å². The van der Waals surface area contributed by atoms with Gasteiger partial charge in [-0.2, -0.15) is 4.98 Å². The predicted molar refractivity (Wildman–Crippen MR) is 86.8 cm³/mol. The number of aromatic nitrogens is 4. The molecule has 2 rings (SSSR count). The maximum Gasteiger partial charge on any atom is 0.227 e. The minimum absolute atomic E-state index is 0.805. The van der Waals surface area contributed by atoms with Gasteiger partial charge in [-0.3, -0.25) is 0 Å². The largest absolute Gasteiger partial charge is 0.341 e. The molecule has 0 bridgehead atoms. The SMILES string of the molecule is CCN(CC)c1nc(C)c2ncn(CCCN(C)C)c2n1. The molecule has 6 nitrogen and oxygen atoms in total. The van der Waals surface area contributed by atoms with Gasteiger partial charge in [-0.25, -0.2) is 9.97 Å². The van der Waals surface area contributed by atoms with E-state index < -0.39 is 0 Å². The zero-order valence-corrected chi connectivity index (χ0v) is 13.8. The molecule has 0 aromatic carbocycles. The fourth-order valence-corrected chi connectivity index (χ4v) is 2.44. The van der Waals surface area contributed by atoms with Crippen molar-refractivity contribution in [2.75, 3.05) is 38.6 Å². The average Bonchev–Trinajstić information content (AvgIpc) is 2.84. The molecule has 2 aromatic rings. The van der Waals surface area contributed by atoms with Gasteiger partial charge in [0.05, 0.1) is 12.0 Å². The molecule has 116 valence electrons. The molecule has 6 heteroatoms. The van der Waals surface area contributed by atoms with Crippen molar-refractivity contribution >= 4 is 17.1 Å². The first kappa shape index (κ1) is 15.7. The fraction of sp³-hybridized carbons (Fsp3) is 0.667. The molecule has 0 aliphatic heterocycles. The Morgan fingerprint density at radius 3 is 2.48 bits per heavy atom. The Hall–Kier alpha value is -1.69. The van der Waals surface area contributed by atoms with Crippen LogP contribution in [0.3, 0.4) is 0 Å². The van der Waals surface area contributed by atoms with Gasteiger partial charge in [0.15, 0.2) is 5.65 Å². The normalized spacial score (nSPS) is 11.5. The second kappa shape index (κ2) is 6.85. The molecular formula is C15H26N6. The molecule has 0 amide bonds. The number of imidazole rings is 1. The maximum atomic E-state index is 4.74. The molecule has 0 atom stereocenters. The predicted octanol–water partition coefficient (Wildman–Crippen LogP) is 1.93. The molecule has 0 N–H and O–H groups in total. The lowest BCUT2D eigenvalue weighted by atomic mass is 10.3. The van der Waals surface area contributed by atoms with Crippen LogP contribution in [-0.4, -0.2) is 58.1 Å². The van der Waals surface area contributed by atoms with Crippen molar-refractivity contribution in [1.82, 2.24) is 24.4 Å². The van der Waals surface area contributed by atoms with E-state index in [4.69, 9.17) is 4.98 Å². The Kier molecular flexibility index (Phi) is 5.12. The van der Waals surface area contributed by atoms with Crippen LogP contribution in [0.25, 0.3) is 11.2 Å². The summed E-state index contributed by atoms with van der Waals surface area (Å²) in [6, 6.07) is 0. The third-order valence-corrected chi connectivity index (χ3v) is 3.68. The van der Waals surface area contributed by atoms with E-state index in [-0.39, 0.29) is 0 Å². The van der Waals surface area contributed by atoms with Gasteiger partial charge in [-0.15, -0.1) is 0 Å². The smallest absolute Gasteiger partial charge is 0.227 e. The number of hydrogen-bond acceptors (Lipinski definition) is 5. The van der Waals surface area contributed by atoms with E-state index in [9.17, 15) is 0 Å². The lowest BCUT2D eigenvalue weighted by Crippen LogP contribution is -2.24. The number of hydrogen-bond donors (Lipinski definition) is 0. The summed E-state index contributed by atoms with van der Waals surface area (Å²) in [5.41, 5.74) is 2.81. The molecule has 0 saturated heterocycles. The monoisotopic (exact) mass is 290 g/mol. The lowest BCUT2D eigenvalue weighted by Gasteiger charge is -2.19. The molecule has 0 saturated carbocycles.